The van der Waals surface area contributed by atoms with Crippen LogP contribution in [0.15, 0.2) is 41.2 Å². The molecule has 0 saturated carbocycles. The van der Waals surface area contributed by atoms with E-state index in [2.05, 4.69) is 15.5 Å². The molecule has 1 fully saturated rings. The SMILES string of the molecule is O=C(NCC(c1ccoc1)N1CCSCC1)Nc1ccc2c(c1)OCO2. The summed E-state index contributed by atoms with van der Waals surface area (Å²) in [7, 11) is 0. The van der Waals surface area contributed by atoms with E-state index >= 15 is 0 Å². The highest BCUT2D eigenvalue weighted by Gasteiger charge is 2.24. The highest BCUT2D eigenvalue weighted by atomic mass is 32.2. The third kappa shape index (κ3) is 3.91. The van der Waals surface area contributed by atoms with Crippen LogP contribution < -0.4 is 20.1 Å². The number of ether oxygens (including phenoxy) is 2. The van der Waals surface area contributed by atoms with E-state index in [9.17, 15) is 4.79 Å². The van der Waals surface area contributed by atoms with Gasteiger partial charge in [-0.25, -0.2) is 4.79 Å². The molecule has 3 heterocycles. The molecule has 1 aromatic heterocycles. The lowest BCUT2D eigenvalue weighted by Crippen LogP contribution is -2.42. The third-order valence-electron chi connectivity index (χ3n) is 4.50. The minimum Gasteiger partial charge on any atom is -0.472 e. The summed E-state index contributed by atoms with van der Waals surface area (Å²) >= 11 is 1.96. The Bertz CT molecular complexity index is 747. The molecule has 1 aromatic carbocycles. The van der Waals surface area contributed by atoms with Gasteiger partial charge in [-0.3, -0.25) is 4.90 Å². The van der Waals surface area contributed by atoms with Crippen LogP contribution in [0.1, 0.15) is 11.6 Å². The first kappa shape index (κ1) is 17.1. The highest BCUT2D eigenvalue weighted by Crippen LogP contribution is 2.34. The number of fused-ring (bicyclic) bond motifs is 1. The smallest absolute Gasteiger partial charge is 0.319 e. The molecular formula is C18H21N3O4S. The fraction of sp³-hybridized carbons (Fsp3) is 0.389. The Morgan fingerprint density at radius 3 is 2.85 bits per heavy atom. The van der Waals surface area contributed by atoms with E-state index in [0.717, 1.165) is 30.2 Å². The summed E-state index contributed by atoms with van der Waals surface area (Å²) in [5, 5.41) is 5.82. The van der Waals surface area contributed by atoms with Crippen molar-refractivity contribution in [2.45, 2.75) is 6.04 Å². The zero-order chi connectivity index (χ0) is 17.8. The summed E-state index contributed by atoms with van der Waals surface area (Å²) in [4.78, 5) is 14.7. The van der Waals surface area contributed by atoms with Crippen molar-refractivity contribution in [3.05, 3.63) is 42.4 Å². The maximum Gasteiger partial charge on any atom is 0.319 e. The van der Waals surface area contributed by atoms with Crippen molar-refractivity contribution in [1.82, 2.24) is 10.2 Å². The molecule has 0 aliphatic carbocycles. The van der Waals surface area contributed by atoms with Crippen LogP contribution in [0.3, 0.4) is 0 Å². The number of thioether (sulfide) groups is 1. The average molecular weight is 375 g/mol. The van der Waals surface area contributed by atoms with E-state index in [1.807, 2.05) is 17.8 Å². The number of rotatable bonds is 5. The third-order valence-corrected chi connectivity index (χ3v) is 5.44. The van der Waals surface area contributed by atoms with Crippen molar-refractivity contribution in [2.24, 2.45) is 0 Å². The van der Waals surface area contributed by atoms with Crippen molar-refractivity contribution in [3.8, 4) is 11.5 Å². The molecule has 7 nitrogen and oxygen atoms in total. The number of urea groups is 1. The lowest BCUT2D eigenvalue weighted by atomic mass is 10.1. The Balaban J connectivity index is 1.36. The number of nitrogens with zero attached hydrogens (tertiary/aromatic N) is 1. The molecule has 2 aromatic rings. The molecule has 1 atom stereocenters. The molecule has 2 aliphatic rings. The second kappa shape index (κ2) is 7.92. The summed E-state index contributed by atoms with van der Waals surface area (Å²) in [6, 6.07) is 7.17. The molecule has 0 spiro atoms. The molecular weight excluding hydrogens is 354 g/mol. The number of carbonyl (C=O) groups is 1. The second-order valence-corrected chi connectivity index (χ2v) is 7.35. The monoisotopic (exact) mass is 375 g/mol. The van der Waals surface area contributed by atoms with E-state index < -0.39 is 0 Å². The van der Waals surface area contributed by atoms with Gasteiger partial charge in [0.15, 0.2) is 11.5 Å². The zero-order valence-electron chi connectivity index (χ0n) is 14.3. The molecule has 4 rings (SSSR count). The van der Waals surface area contributed by atoms with Crippen LogP contribution in [0, 0.1) is 0 Å². The summed E-state index contributed by atoms with van der Waals surface area (Å²) < 4.78 is 15.9. The van der Waals surface area contributed by atoms with Crippen molar-refractivity contribution < 1.29 is 18.7 Å². The van der Waals surface area contributed by atoms with Gasteiger partial charge in [-0.1, -0.05) is 0 Å². The maximum atomic E-state index is 12.3. The van der Waals surface area contributed by atoms with Gasteiger partial charge in [-0.05, 0) is 18.2 Å². The van der Waals surface area contributed by atoms with E-state index in [-0.39, 0.29) is 18.9 Å². The van der Waals surface area contributed by atoms with Gasteiger partial charge in [0.05, 0.1) is 18.6 Å². The van der Waals surface area contributed by atoms with Gasteiger partial charge in [0.2, 0.25) is 6.79 Å². The Hall–Kier alpha value is -2.32. The number of furan rings is 1. The van der Waals surface area contributed by atoms with Crippen LogP contribution in [-0.4, -0.2) is 48.9 Å². The maximum absolute atomic E-state index is 12.3. The van der Waals surface area contributed by atoms with Crippen LogP contribution >= 0.6 is 11.8 Å². The van der Waals surface area contributed by atoms with Crippen LogP contribution in [0.4, 0.5) is 10.5 Å². The van der Waals surface area contributed by atoms with Crippen LogP contribution in [-0.2, 0) is 0 Å². The average Bonchev–Trinajstić information content (AvgIpc) is 3.34. The van der Waals surface area contributed by atoms with Crippen molar-refractivity contribution in [1.29, 1.82) is 0 Å². The Morgan fingerprint density at radius 2 is 2.04 bits per heavy atom. The molecule has 1 saturated heterocycles. The lowest BCUT2D eigenvalue weighted by molar-refractivity contribution is 0.174. The zero-order valence-corrected chi connectivity index (χ0v) is 15.1. The first-order chi connectivity index (χ1) is 12.8. The number of nitrogens with one attached hydrogen (secondary N) is 2. The van der Waals surface area contributed by atoms with E-state index in [4.69, 9.17) is 13.9 Å². The molecule has 2 amide bonds. The van der Waals surface area contributed by atoms with Gasteiger partial charge >= 0.3 is 6.03 Å². The normalized spacial score (nSPS) is 17.7. The first-order valence-electron chi connectivity index (χ1n) is 8.58. The van der Waals surface area contributed by atoms with Crippen LogP contribution in [0.25, 0.3) is 0 Å². The van der Waals surface area contributed by atoms with Crippen molar-refractivity contribution >= 4 is 23.5 Å². The topological polar surface area (TPSA) is 76.0 Å². The number of benzene rings is 1. The lowest BCUT2D eigenvalue weighted by Gasteiger charge is -2.33. The van der Waals surface area contributed by atoms with Gasteiger partial charge in [0.1, 0.15) is 0 Å². The largest absolute Gasteiger partial charge is 0.472 e. The number of hydrogen-bond acceptors (Lipinski definition) is 6. The molecule has 26 heavy (non-hydrogen) atoms. The van der Waals surface area contributed by atoms with Crippen LogP contribution in [0.2, 0.25) is 0 Å². The van der Waals surface area contributed by atoms with Crippen LogP contribution in [0.5, 0.6) is 11.5 Å². The van der Waals surface area contributed by atoms with Gasteiger partial charge in [-0.15, -0.1) is 0 Å². The number of anilines is 1. The van der Waals surface area contributed by atoms with E-state index in [1.165, 1.54) is 0 Å². The molecule has 0 bridgehead atoms. The standard InChI is InChI=1S/C18H21N3O4S/c22-18(20-14-1-2-16-17(9-14)25-12-24-16)19-10-15(13-3-6-23-11-13)21-4-7-26-8-5-21/h1-3,6,9,11,15H,4-5,7-8,10,12H2,(H2,19,20,22). The van der Waals surface area contributed by atoms with Gasteiger partial charge < -0.3 is 24.5 Å². The molecule has 8 heteroatoms. The minimum atomic E-state index is -0.247. The fourth-order valence-electron chi connectivity index (χ4n) is 3.15. The molecule has 138 valence electrons. The quantitative estimate of drug-likeness (QED) is 0.837. The Morgan fingerprint density at radius 1 is 1.19 bits per heavy atom. The number of amides is 2. The summed E-state index contributed by atoms with van der Waals surface area (Å²) in [5.41, 5.74) is 1.75. The minimum absolute atomic E-state index is 0.108. The molecule has 0 radical (unpaired) electrons. The highest BCUT2D eigenvalue weighted by molar-refractivity contribution is 7.99. The number of hydrogen-bond donors (Lipinski definition) is 2. The predicted octanol–water partition coefficient (Wildman–Crippen LogP) is 2.92. The molecule has 2 N–H and O–H groups in total. The predicted molar refractivity (Wildman–Crippen MR) is 99.9 cm³/mol. The summed E-state index contributed by atoms with van der Waals surface area (Å²) in [6.45, 7) is 2.74. The van der Waals surface area contributed by atoms with Gasteiger partial charge in [0, 0.05) is 48.5 Å². The molecule has 1 unspecified atom stereocenters. The van der Waals surface area contributed by atoms with E-state index in [0.29, 0.717) is 23.7 Å². The fourth-order valence-corrected chi connectivity index (χ4v) is 4.08. The summed E-state index contributed by atoms with van der Waals surface area (Å²) in [6.07, 6.45) is 3.43. The molecule has 2 aliphatic heterocycles. The van der Waals surface area contributed by atoms with Crippen molar-refractivity contribution in [3.63, 3.8) is 0 Å². The first-order valence-corrected chi connectivity index (χ1v) is 9.73. The van der Waals surface area contributed by atoms with E-state index in [1.54, 1.807) is 30.7 Å². The van der Waals surface area contributed by atoms with Gasteiger partial charge in [-0.2, -0.15) is 11.8 Å². The van der Waals surface area contributed by atoms with Gasteiger partial charge in [0.25, 0.3) is 0 Å². The summed E-state index contributed by atoms with van der Waals surface area (Å²) in [5.74, 6) is 3.55. The Kier molecular flexibility index (Phi) is 5.21. The Labute approximate surface area is 156 Å². The number of carbonyl (C=O) groups excluding carboxylic acids is 1. The van der Waals surface area contributed by atoms with Crippen molar-refractivity contribution in [2.75, 3.05) is 43.2 Å². The second-order valence-electron chi connectivity index (χ2n) is 6.12.